The molecule has 0 heterocycles. The summed E-state index contributed by atoms with van der Waals surface area (Å²) in [7, 11) is 0. The Labute approximate surface area is 140 Å². The lowest BCUT2D eigenvalue weighted by atomic mass is 10.2. The normalized spacial score (nSPS) is 11.7. The van der Waals surface area contributed by atoms with E-state index in [1.807, 2.05) is 54.6 Å². The summed E-state index contributed by atoms with van der Waals surface area (Å²) in [5.41, 5.74) is 0.795. The van der Waals surface area contributed by atoms with Gasteiger partial charge in [-0.05, 0) is 42.3 Å². The second kappa shape index (κ2) is 8.71. The highest BCUT2D eigenvalue weighted by Crippen LogP contribution is 2.22. The molecule has 0 unspecified atom stereocenters. The lowest BCUT2D eigenvalue weighted by Crippen LogP contribution is -2.32. The van der Waals surface area contributed by atoms with Gasteiger partial charge in [0.15, 0.2) is 0 Å². The summed E-state index contributed by atoms with van der Waals surface area (Å²) in [6.07, 6.45) is 0. The van der Waals surface area contributed by atoms with Gasteiger partial charge in [-0.15, -0.1) is 11.8 Å². The third-order valence-electron chi connectivity index (χ3n) is 2.99. The molecule has 2 aromatic carbocycles. The molecule has 22 heavy (non-hydrogen) atoms. The summed E-state index contributed by atoms with van der Waals surface area (Å²) < 4.78 is 0. The van der Waals surface area contributed by atoms with Crippen molar-refractivity contribution in [1.29, 1.82) is 0 Å². The number of urea groups is 1. The SMILES string of the molecule is C[C@@H](CNC(=O)Nc1ccccc1)CSc1ccc(Cl)cc1. The second-order valence-electron chi connectivity index (χ2n) is 5.07. The Morgan fingerprint density at radius 3 is 2.50 bits per heavy atom. The van der Waals surface area contributed by atoms with Crippen molar-refractivity contribution in [3.63, 3.8) is 0 Å². The smallest absolute Gasteiger partial charge is 0.319 e. The van der Waals surface area contributed by atoms with Crippen molar-refractivity contribution >= 4 is 35.1 Å². The Hall–Kier alpha value is -1.65. The van der Waals surface area contributed by atoms with E-state index in [0.29, 0.717) is 12.5 Å². The van der Waals surface area contributed by atoms with E-state index in [1.165, 1.54) is 4.90 Å². The van der Waals surface area contributed by atoms with Crippen LogP contribution in [0.5, 0.6) is 0 Å². The van der Waals surface area contributed by atoms with Gasteiger partial charge in [0, 0.05) is 27.9 Å². The first-order chi connectivity index (χ1) is 10.6. The van der Waals surface area contributed by atoms with Gasteiger partial charge in [-0.1, -0.05) is 36.7 Å². The third-order valence-corrected chi connectivity index (χ3v) is 4.58. The summed E-state index contributed by atoms with van der Waals surface area (Å²) in [6.45, 7) is 2.75. The van der Waals surface area contributed by atoms with Gasteiger partial charge < -0.3 is 10.6 Å². The van der Waals surface area contributed by atoms with Crippen molar-refractivity contribution in [2.24, 2.45) is 5.92 Å². The summed E-state index contributed by atoms with van der Waals surface area (Å²) in [6, 6.07) is 17.0. The second-order valence-corrected chi connectivity index (χ2v) is 6.60. The van der Waals surface area contributed by atoms with Crippen LogP contribution in [0.2, 0.25) is 5.02 Å². The lowest BCUT2D eigenvalue weighted by molar-refractivity contribution is 0.251. The largest absolute Gasteiger partial charge is 0.338 e. The molecule has 3 nitrogen and oxygen atoms in total. The highest BCUT2D eigenvalue weighted by atomic mass is 35.5. The minimum atomic E-state index is -0.172. The van der Waals surface area contributed by atoms with Crippen molar-refractivity contribution in [2.75, 3.05) is 17.6 Å². The number of benzene rings is 2. The van der Waals surface area contributed by atoms with E-state index in [1.54, 1.807) is 11.8 Å². The Morgan fingerprint density at radius 2 is 1.82 bits per heavy atom. The number of hydrogen-bond acceptors (Lipinski definition) is 2. The minimum absolute atomic E-state index is 0.172. The maximum absolute atomic E-state index is 11.8. The first-order valence-corrected chi connectivity index (χ1v) is 8.48. The van der Waals surface area contributed by atoms with Gasteiger partial charge in [-0.25, -0.2) is 4.79 Å². The van der Waals surface area contributed by atoms with Crippen LogP contribution in [0, 0.1) is 5.92 Å². The summed E-state index contributed by atoms with van der Waals surface area (Å²) in [5.74, 6) is 1.31. The molecule has 0 aliphatic carbocycles. The zero-order chi connectivity index (χ0) is 15.8. The number of thioether (sulfide) groups is 1. The molecule has 0 fully saturated rings. The van der Waals surface area contributed by atoms with E-state index in [2.05, 4.69) is 17.6 Å². The van der Waals surface area contributed by atoms with Gasteiger partial charge in [0.1, 0.15) is 0 Å². The molecule has 0 saturated carbocycles. The van der Waals surface area contributed by atoms with Gasteiger partial charge in [0.2, 0.25) is 0 Å². The van der Waals surface area contributed by atoms with Crippen LogP contribution in [0.1, 0.15) is 6.92 Å². The molecule has 0 aliphatic heterocycles. The summed E-state index contributed by atoms with van der Waals surface area (Å²) >= 11 is 7.62. The fourth-order valence-electron chi connectivity index (χ4n) is 1.79. The van der Waals surface area contributed by atoms with E-state index in [0.717, 1.165) is 16.5 Å². The van der Waals surface area contributed by atoms with Gasteiger partial charge in [-0.3, -0.25) is 0 Å². The molecule has 0 spiro atoms. The number of hydrogen-bond donors (Lipinski definition) is 2. The first-order valence-electron chi connectivity index (χ1n) is 7.12. The summed E-state index contributed by atoms with van der Waals surface area (Å²) in [4.78, 5) is 13.0. The van der Waals surface area contributed by atoms with Crippen LogP contribution in [0.15, 0.2) is 59.5 Å². The Bertz CT molecular complexity index is 589. The van der Waals surface area contributed by atoms with Crippen molar-refractivity contribution in [1.82, 2.24) is 5.32 Å². The summed E-state index contributed by atoms with van der Waals surface area (Å²) in [5, 5.41) is 6.44. The standard InChI is InChI=1S/C17H19ClN2OS/c1-13(12-22-16-9-7-14(18)8-10-16)11-19-17(21)20-15-5-3-2-4-6-15/h2-10,13H,11-12H2,1H3,(H2,19,20,21)/t13-/m0/s1. The van der Waals surface area contributed by atoms with Crippen LogP contribution in [0.4, 0.5) is 10.5 Å². The number of amides is 2. The van der Waals surface area contributed by atoms with E-state index >= 15 is 0 Å². The fraction of sp³-hybridized carbons (Fsp3) is 0.235. The molecule has 0 aromatic heterocycles. The van der Waals surface area contributed by atoms with E-state index in [-0.39, 0.29) is 6.03 Å². The molecule has 2 amide bonds. The van der Waals surface area contributed by atoms with Crippen LogP contribution in [-0.2, 0) is 0 Å². The van der Waals surface area contributed by atoms with Gasteiger partial charge >= 0.3 is 6.03 Å². The highest BCUT2D eigenvalue weighted by Gasteiger charge is 2.06. The van der Waals surface area contributed by atoms with Crippen LogP contribution in [0.25, 0.3) is 0 Å². The Morgan fingerprint density at radius 1 is 1.14 bits per heavy atom. The number of halogens is 1. The minimum Gasteiger partial charge on any atom is -0.338 e. The maximum atomic E-state index is 11.8. The monoisotopic (exact) mass is 334 g/mol. The number of para-hydroxylation sites is 1. The fourth-order valence-corrected chi connectivity index (χ4v) is 2.84. The van der Waals surface area contributed by atoms with Crippen LogP contribution < -0.4 is 10.6 Å². The molecule has 0 aliphatic rings. The number of carbonyl (C=O) groups is 1. The first kappa shape index (κ1) is 16.7. The Kier molecular flexibility index (Phi) is 6.62. The molecule has 2 N–H and O–H groups in total. The Balaban J connectivity index is 1.67. The van der Waals surface area contributed by atoms with Crippen molar-refractivity contribution in [3.05, 3.63) is 59.6 Å². The number of anilines is 1. The molecule has 5 heteroatoms. The molecule has 0 saturated heterocycles. The molecule has 0 radical (unpaired) electrons. The molecule has 2 rings (SSSR count). The molecular weight excluding hydrogens is 316 g/mol. The van der Waals surface area contributed by atoms with Crippen molar-refractivity contribution in [2.45, 2.75) is 11.8 Å². The molecule has 1 atom stereocenters. The molecule has 2 aromatic rings. The van der Waals surface area contributed by atoms with Crippen LogP contribution >= 0.6 is 23.4 Å². The zero-order valence-electron chi connectivity index (χ0n) is 12.4. The molecule has 0 bridgehead atoms. The van der Waals surface area contributed by atoms with Gasteiger partial charge in [-0.2, -0.15) is 0 Å². The van der Waals surface area contributed by atoms with E-state index < -0.39 is 0 Å². The number of nitrogens with one attached hydrogen (secondary N) is 2. The topological polar surface area (TPSA) is 41.1 Å². The van der Waals surface area contributed by atoms with Crippen molar-refractivity contribution in [3.8, 4) is 0 Å². The van der Waals surface area contributed by atoms with E-state index in [9.17, 15) is 4.79 Å². The zero-order valence-corrected chi connectivity index (χ0v) is 14.0. The average molecular weight is 335 g/mol. The van der Waals surface area contributed by atoms with Crippen LogP contribution in [-0.4, -0.2) is 18.3 Å². The maximum Gasteiger partial charge on any atom is 0.319 e. The average Bonchev–Trinajstić information content (AvgIpc) is 2.53. The predicted octanol–water partition coefficient (Wildman–Crippen LogP) is 4.89. The van der Waals surface area contributed by atoms with Gasteiger partial charge in [0.25, 0.3) is 0 Å². The lowest BCUT2D eigenvalue weighted by Gasteiger charge is -2.13. The third kappa shape index (κ3) is 6.00. The van der Waals surface area contributed by atoms with E-state index in [4.69, 9.17) is 11.6 Å². The molecular formula is C17H19ClN2OS. The van der Waals surface area contributed by atoms with Crippen molar-refractivity contribution < 1.29 is 4.79 Å². The number of carbonyl (C=O) groups excluding carboxylic acids is 1. The highest BCUT2D eigenvalue weighted by molar-refractivity contribution is 7.99. The predicted molar refractivity (Wildman–Crippen MR) is 94.8 cm³/mol. The van der Waals surface area contributed by atoms with Gasteiger partial charge in [0.05, 0.1) is 0 Å². The van der Waals surface area contributed by atoms with Crippen LogP contribution in [0.3, 0.4) is 0 Å². The molecule has 116 valence electrons. The number of rotatable bonds is 6. The quantitative estimate of drug-likeness (QED) is 0.738.